The van der Waals surface area contributed by atoms with Gasteiger partial charge in [-0.05, 0) is 74.7 Å². The Morgan fingerprint density at radius 1 is 0.970 bits per heavy atom. The SMILES string of the molecule is CN(C)c1ccc(N=Nc2ccc(N3C(=O)C4C[C@@](C)(C(=O)O)C[C@@](C)(C4)C3=O)cc2)cc1. The molecule has 172 valence electrons. The van der Waals surface area contributed by atoms with E-state index in [-0.39, 0.29) is 24.7 Å². The lowest BCUT2D eigenvalue weighted by Crippen LogP contribution is -2.60. The van der Waals surface area contributed by atoms with Crippen molar-refractivity contribution in [2.24, 2.45) is 27.0 Å². The molecule has 3 atom stereocenters. The molecule has 0 aromatic heterocycles. The van der Waals surface area contributed by atoms with Crippen molar-refractivity contribution in [2.75, 3.05) is 23.9 Å². The van der Waals surface area contributed by atoms with Crippen LogP contribution in [0.1, 0.15) is 33.1 Å². The maximum absolute atomic E-state index is 13.3. The highest BCUT2D eigenvalue weighted by molar-refractivity contribution is 6.19. The molecule has 1 heterocycles. The molecule has 8 heteroatoms. The summed E-state index contributed by atoms with van der Waals surface area (Å²) in [4.78, 5) is 41.5. The van der Waals surface area contributed by atoms with Gasteiger partial charge in [-0.1, -0.05) is 6.92 Å². The third-order valence-corrected chi connectivity index (χ3v) is 6.73. The first-order valence-electron chi connectivity index (χ1n) is 10.9. The summed E-state index contributed by atoms with van der Waals surface area (Å²) in [7, 11) is 3.93. The number of nitrogens with zero attached hydrogens (tertiary/aromatic N) is 4. The zero-order chi connectivity index (χ0) is 24.0. The molecule has 2 amide bonds. The van der Waals surface area contributed by atoms with Crippen LogP contribution in [0.25, 0.3) is 0 Å². The second kappa shape index (κ2) is 8.10. The maximum Gasteiger partial charge on any atom is 0.309 e. The Morgan fingerprint density at radius 3 is 2.03 bits per heavy atom. The molecule has 1 aliphatic carbocycles. The Hall–Kier alpha value is -3.55. The fourth-order valence-electron chi connectivity index (χ4n) is 5.06. The minimum absolute atomic E-state index is 0.216. The third kappa shape index (κ3) is 4.13. The summed E-state index contributed by atoms with van der Waals surface area (Å²) in [5.41, 5.74) is 0.876. The van der Waals surface area contributed by atoms with E-state index in [1.807, 2.05) is 43.3 Å². The molecule has 0 spiro atoms. The maximum atomic E-state index is 13.3. The number of azo groups is 1. The van der Waals surface area contributed by atoms with E-state index in [4.69, 9.17) is 0 Å². The summed E-state index contributed by atoms with van der Waals surface area (Å²) >= 11 is 0. The predicted octanol–water partition coefficient (Wildman–Crippen LogP) is 4.94. The first-order chi connectivity index (χ1) is 15.5. The molecule has 2 aromatic rings. The Morgan fingerprint density at radius 2 is 1.52 bits per heavy atom. The number of fused-ring (bicyclic) bond motifs is 2. The van der Waals surface area contributed by atoms with Crippen molar-refractivity contribution in [3.63, 3.8) is 0 Å². The van der Waals surface area contributed by atoms with Gasteiger partial charge in [0.15, 0.2) is 0 Å². The molecule has 1 unspecified atom stereocenters. The van der Waals surface area contributed by atoms with Crippen molar-refractivity contribution in [3.05, 3.63) is 48.5 Å². The van der Waals surface area contributed by atoms with Crippen LogP contribution in [0.3, 0.4) is 0 Å². The van der Waals surface area contributed by atoms with Gasteiger partial charge in [0, 0.05) is 31.1 Å². The number of hydrogen-bond acceptors (Lipinski definition) is 6. The van der Waals surface area contributed by atoms with Gasteiger partial charge in [0.2, 0.25) is 11.8 Å². The molecular weight excluding hydrogens is 420 g/mol. The largest absolute Gasteiger partial charge is 0.481 e. The molecule has 1 aliphatic heterocycles. The molecule has 1 saturated heterocycles. The van der Waals surface area contributed by atoms with Gasteiger partial charge >= 0.3 is 5.97 Å². The fourth-order valence-corrected chi connectivity index (χ4v) is 5.06. The van der Waals surface area contributed by atoms with Crippen molar-refractivity contribution in [3.8, 4) is 0 Å². The number of anilines is 2. The van der Waals surface area contributed by atoms with E-state index < -0.39 is 22.7 Å². The summed E-state index contributed by atoms with van der Waals surface area (Å²) in [5.74, 6) is -2.13. The summed E-state index contributed by atoms with van der Waals surface area (Å²) in [6.07, 6.45) is 0.843. The zero-order valence-electron chi connectivity index (χ0n) is 19.3. The van der Waals surface area contributed by atoms with Crippen LogP contribution >= 0.6 is 0 Å². The Kier molecular flexibility index (Phi) is 5.56. The number of aliphatic carboxylic acids is 1. The van der Waals surface area contributed by atoms with Crippen LogP contribution in [0.5, 0.6) is 0 Å². The van der Waals surface area contributed by atoms with E-state index in [1.165, 1.54) is 4.90 Å². The highest BCUT2D eigenvalue weighted by atomic mass is 16.4. The van der Waals surface area contributed by atoms with E-state index in [2.05, 4.69) is 10.2 Å². The lowest BCUT2D eigenvalue weighted by molar-refractivity contribution is -0.161. The minimum Gasteiger partial charge on any atom is -0.481 e. The second-order valence-corrected chi connectivity index (χ2v) is 9.81. The number of piperidine rings is 1. The van der Waals surface area contributed by atoms with Gasteiger partial charge in [0.05, 0.1) is 22.5 Å². The second-order valence-electron chi connectivity index (χ2n) is 9.81. The standard InChI is InChI=1S/C25H28N4O4/c1-24-13-16(14-25(2,15-24)23(32)33)21(30)29(22(24)31)20-11-7-18(8-12-20)27-26-17-5-9-19(10-6-17)28(3)4/h5-12,16H,13-15H2,1-4H3,(H,32,33)/t16?,24-,25-/m1/s1. The van der Waals surface area contributed by atoms with Crippen molar-refractivity contribution in [1.29, 1.82) is 0 Å². The molecule has 8 nitrogen and oxygen atoms in total. The molecule has 2 fully saturated rings. The topological polar surface area (TPSA) is 103 Å². The molecule has 2 aliphatic rings. The number of carbonyl (C=O) groups excluding carboxylic acids is 2. The van der Waals surface area contributed by atoms with Gasteiger partial charge in [0.25, 0.3) is 0 Å². The van der Waals surface area contributed by atoms with Crippen LogP contribution in [0.4, 0.5) is 22.7 Å². The summed E-state index contributed by atoms with van der Waals surface area (Å²) in [5, 5.41) is 18.2. The van der Waals surface area contributed by atoms with E-state index >= 15 is 0 Å². The molecule has 0 radical (unpaired) electrons. The molecule has 2 aromatic carbocycles. The number of amides is 2. The third-order valence-electron chi connectivity index (χ3n) is 6.73. The highest BCUT2D eigenvalue weighted by Crippen LogP contribution is 2.53. The van der Waals surface area contributed by atoms with Crippen LogP contribution in [0.15, 0.2) is 58.8 Å². The monoisotopic (exact) mass is 448 g/mol. The van der Waals surface area contributed by atoms with Crippen molar-refractivity contribution in [1.82, 2.24) is 0 Å². The smallest absolute Gasteiger partial charge is 0.309 e. The molecule has 1 N–H and O–H groups in total. The van der Waals surface area contributed by atoms with E-state index in [0.717, 1.165) is 5.69 Å². The average molecular weight is 449 g/mol. The molecule has 2 bridgehead atoms. The van der Waals surface area contributed by atoms with Gasteiger partial charge in [-0.25, -0.2) is 4.90 Å². The first-order valence-corrected chi connectivity index (χ1v) is 10.9. The highest BCUT2D eigenvalue weighted by Gasteiger charge is 2.58. The quantitative estimate of drug-likeness (QED) is 0.516. The van der Waals surface area contributed by atoms with Gasteiger partial charge in [-0.15, -0.1) is 0 Å². The number of imide groups is 1. The van der Waals surface area contributed by atoms with Crippen LogP contribution in [-0.2, 0) is 14.4 Å². The molecule has 33 heavy (non-hydrogen) atoms. The zero-order valence-corrected chi connectivity index (χ0v) is 19.3. The van der Waals surface area contributed by atoms with Crippen LogP contribution in [0, 0.1) is 16.7 Å². The normalized spacial score (nSPS) is 27.2. The Labute approximate surface area is 192 Å². The first kappa shape index (κ1) is 22.6. The van der Waals surface area contributed by atoms with Gasteiger partial charge in [0.1, 0.15) is 0 Å². The molecular formula is C25H28N4O4. The van der Waals surface area contributed by atoms with Gasteiger partial charge < -0.3 is 10.0 Å². The summed E-state index contributed by atoms with van der Waals surface area (Å²) in [6.45, 7) is 3.40. The van der Waals surface area contributed by atoms with Crippen LogP contribution in [0.2, 0.25) is 0 Å². The lowest BCUT2D eigenvalue weighted by Gasteiger charge is -2.50. The molecule has 4 rings (SSSR count). The Balaban J connectivity index is 1.54. The number of carbonyl (C=O) groups is 3. The fraction of sp³-hybridized carbons (Fsp3) is 0.400. The summed E-state index contributed by atoms with van der Waals surface area (Å²) in [6, 6.07) is 14.4. The van der Waals surface area contributed by atoms with Crippen molar-refractivity contribution >= 4 is 40.5 Å². The minimum atomic E-state index is -1.08. The Bertz CT molecular complexity index is 1130. The van der Waals surface area contributed by atoms with E-state index in [1.54, 1.807) is 38.1 Å². The number of carboxylic acids is 1. The van der Waals surface area contributed by atoms with Crippen LogP contribution < -0.4 is 9.80 Å². The van der Waals surface area contributed by atoms with Crippen molar-refractivity contribution in [2.45, 2.75) is 33.1 Å². The molecule has 1 saturated carbocycles. The van der Waals surface area contributed by atoms with E-state index in [9.17, 15) is 19.5 Å². The predicted molar refractivity (Wildman–Crippen MR) is 125 cm³/mol. The number of benzene rings is 2. The number of hydrogen-bond donors (Lipinski definition) is 1. The van der Waals surface area contributed by atoms with Crippen molar-refractivity contribution < 1.29 is 19.5 Å². The van der Waals surface area contributed by atoms with Gasteiger partial charge in [-0.2, -0.15) is 10.2 Å². The number of rotatable bonds is 5. The van der Waals surface area contributed by atoms with E-state index in [0.29, 0.717) is 23.5 Å². The number of carboxylic acid groups (broad SMARTS) is 1. The average Bonchev–Trinajstić information content (AvgIpc) is 2.77. The van der Waals surface area contributed by atoms with Crippen LogP contribution in [-0.4, -0.2) is 37.0 Å². The summed E-state index contributed by atoms with van der Waals surface area (Å²) < 4.78 is 0. The van der Waals surface area contributed by atoms with Gasteiger partial charge in [-0.3, -0.25) is 14.4 Å². The lowest BCUT2D eigenvalue weighted by atomic mass is 9.57.